The number of nitrogens with zero attached hydrogens (tertiary/aromatic N) is 1. The Morgan fingerprint density at radius 2 is 2.10 bits per heavy atom. The standard InChI is InChI=1S/C15H15FN2O3/c1-9-5-12(20-2)7-11(18-9)8-21-15(19)10-3-4-14(17)13(16)6-10/h3-7H,8,17H2,1-2H3. The smallest absolute Gasteiger partial charge is 0.338 e. The summed E-state index contributed by atoms with van der Waals surface area (Å²) in [5, 5.41) is 0. The van der Waals surface area contributed by atoms with Gasteiger partial charge in [-0.1, -0.05) is 0 Å². The van der Waals surface area contributed by atoms with Gasteiger partial charge in [0.25, 0.3) is 0 Å². The molecule has 0 unspecified atom stereocenters. The molecule has 0 spiro atoms. The van der Waals surface area contributed by atoms with Gasteiger partial charge in [-0.3, -0.25) is 4.98 Å². The van der Waals surface area contributed by atoms with Gasteiger partial charge in [-0.15, -0.1) is 0 Å². The summed E-state index contributed by atoms with van der Waals surface area (Å²) >= 11 is 0. The van der Waals surface area contributed by atoms with Crippen LogP contribution in [0.4, 0.5) is 10.1 Å². The van der Waals surface area contributed by atoms with Crippen LogP contribution in [0, 0.1) is 12.7 Å². The second kappa shape index (κ2) is 6.21. The highest BCUT2D eigenvalue weighted by atomic mass is 19.1. The van der Waals surface area contributed by atoms with Crippen LogP contribution in [0.3, 0.4) is 0 Å². The van der Waals surface area contributed by atoms with Crippen molar-refractivity contribution in [3.63, 3.8) is 0 Å². The highest BCUT2D eigenvalue weighted by Gasteiger charge is 2.11. The van der Waals surface area contributed by atoms with E-state index in [4.69, 9.17) is 15.2 Å². The topological polar surface area (TPSA) is 74.4 Å². The van der Waals surface area contributed by atoms with E-state index in [1.165, 1.54) is 12.1 Å². The third-order valence-electron chi connectivity index (χ3n) is 2.80. The highest BCUT2D eigenvalue weighted by molar-refractivity contribution is 5.89. The number of nitrogen functional groups attached to an aromatic ring is 1. The minimum absolute atomic E-state index is 0.0170. The van der Waals surface area contributed by atoms with E-state index in [9.17, 15) is 9.18 Å². The minimum atomic E-state index is -0.653. The van der Waals surface area contributed by atoms with Crippen LogP contribution in [0.15, 0.2) is 30.3 Å². The van der Waals surface area contributed by atoms with Crippen molar-refractivity contribution in [2.45, 2.75) is 13.5 Å². The fourth-order valence-electron chi connectivity index (χ4n) is 1.77. The van der Waals surface area contributed by atoms with Gasteiger partial charge < -0.3 is 15.2 Å². The second-order valence-corrected chi connectivity index (χ2v) is 4.45. The van der Waals surface area contributed by atoms with Gasteiger partial charge in [0.2, 0.25) is 0 Å². The van der Waals surface area contributed by atoms with Crippen molar-refractivity contribution in [2.24, 2.45) is 0 Å². The molecule has 0 amide bonds. The lowest BCUT2D eigenvalue weighted by atomic mass is 10.2. The van der Waals surface area contributed by atoms with Gasteiger partial charge in [-0.2, -0.15) is 0 Å². The number of methoxy groups -OCH3 is 1. The molecule has 6 heteroatoms. The first-order chi connectivity index (χ1) is 9.99. The number of benzene rings is 1. The predicted molar refractivity (Wildman–Crippen MR) is 75.5 cm³/mol. The van der Waals surface area contributed by atoms with Crippen LogP contribution in [0.5, 0.6) is 5.75 Å². The molecule has 0 fully saturated rings. The van der Waals surface area contributed by atoms with E-state index in [1.807, 2.05) is 6.92 Å². The molecule has 0 aliphatic carbocycles. The third-order valence-corrected chi connectivity index (χ3v) is 2.80. The molecule has 1 aromatic carbocycles. The Labute approximate surface area is 121 Å². The molecule has 0 atom stereocenters. The average Bonchev–Trinajstić information content (AvgIpc) is 2.47. The van der Waals surface area contributed by atoms with E-state index in [2.05, 4.69) is 4.98 Å². The number of halogens is 1. The van der Waals surface area contributed by atoms with Crippen molar-refractivity contribution >= 4 is 11.7 Å². The number of nitrogens with two attached hydrogens (primary N) is 1. The Kier molecular flexibility index (Phi) is 4.37. The van der Waals surface area contributed by atoms with Gasteiger partial charge in [0.1, 0.15) is 18.2 Å². The number of ether oxygens (including phenoxy) is 2. The number of hydrogen-bond acceptors (Lipinski definition) is 5. The molecule has 1 aromatic heterocycles. The first-order valence-electron chi connectivity index (χ1n) is 6.23. The maximum Gasteiger partial charge on any atom is 0.338 e. The zero-order chi connectivity index (χ0) is 15.4. The summed E-state index contributed by atoms with van der Waals surface area (Å²) < 4.78 is 23.5. The summed E-state index contributed by atoms with van der Waals surface area (Å²) in [6, 6.07) is 7.21. The fourth-order valence-corrected chi connectivity index (χ4v) is 1.77. The molecule has 0 bridgehead atoms. The summed E-state index contributed by atoms with van der Waals surface area (Å²) in [5.74, 6) is -0.664. The van der Waals surface area contributed by atoms with Gasteiger partial charge >= 0.3 is 5.97 Å². The number of aryl methyl sites for hydroxylation is 1. The normalized spacial score (nSPS) is 10.2. The Morgan fingerprint density at radius 3 is 2.76 bits per heavy atom. The van der Waals surface area contributed by atoms with E-state index in [0.29, 0.717) is 11.4 Å². The number of esters is 1. The quantitative estimate of drug-likeness (QED) is 0.691. The van der Waals surface area contributed by atoms with Crippen LogP contribution >= 0.6 is 0 Å². The van der Waals surface area contributed by atoms with Crippen molar-refractivity contribution in [3.05, 3.63) is 53.1 Å². The first kappa shape index (κ1) is 14.8. The lowest BCUT2D eigenvalue weighted by molar-refractivity contribution is 0.0466. The van der Waals surface area contributed by atoms with Gasteiger partial charge in [-0.25, -0.2) is 9.18 Å². The molecule has 0 aliphatic heterocycles. The molecule has 2 aromatic rings. The van der Waals surface area contributed by atoms with Crippen LogP contribution in [-0.4, -0.2) is 18.1 Å². The van der Waals surface area contributed by atoms with Crippen molar-refractivity contribution < 1.29 is 18.7 Å². The number of carbonyl (C=O) groups excluding carboxylic acids is 1. The predicted octanol–water partition coefficient (Wildman–Crippen LogP) is 2.48. The van der Waals surface area contributed by atoms with Crippen LogP contribution in [0.25, 0.3) is 0 Å². The van der Waals surface area contributed by atoms with Crippen molar-refractivity contribution in [3.8, 4) is 5.75 Å². The molecule has 0 saturated carbocycles. The third kappa shape index (κ3) is 3.68. The monoisotopic (exact) mass is 290 g/mol. The van der Waals surface area contributed by atoms with Crippen molar-refractivity contribution in [2.75, 3.05) is 12.8 Å². The van der Waals surface area contributed by atoms with Crippen LogP contribution in [-0.2, 0) is 11.3 Å². The Hall–Kier alpha value is -2.63. The number of pyridine rings is 1. The summed E-state index contributed by atoms with van der Waals surface area (Å²) in [4.78, 5) is 16.1. The van der Waals surface area contributed by atoms with Crippen molar-refractivity contribution in [1.29, 1.82) is 0 Å². The molecule has 0 saturated heterocycles. The fraction of sp³-hybridized carbons (Fsp3) is 0.200. The molecule has 5 nitrogen and oxygen atoms in total. The molecule has 0 aliphatic rings. The van der Waals surface area contributed by atoms with E-state index >= 15 is 0 Å². The van der Waals surface area contributed by atoms with Crippen molar-refractivity contribution in [1.82, 2.24) is 4.98 Å². The zero-order valence-electron chi connectivity index (χ0n) is 11.7. The summed E-state index contributed by atoms with van der Waals surface area (Å²) in [6.45, 7) is 1.78. The molecular formula is C15H15FN2O3. The largest absolute Gasteiger partial charge is 0.497 e. The second-order valence-electron chi connectivity index (χ2n) is 4.45. The summed E-state index contributed by atoms with van der Waals surface area (Å²) in [6.07, 6.45) is 0. The number of hydrogen-bond donors (Lipinski definition) is 1. The summed E-state index contributed by atoms with van der Waals surface area (Å²) in [7, 11) is 1.54. The lowest BCUT2D eigenvalue weighted by Gasteiger charge is -2.08. The maximum atomic E-state index is 13.3. The van der Waals surface area contributed by atoms with Crippen LogP contribution < -0.4 is 10.5 Å². The Morgan fingerprint density at radius 1 is 1.33 bits per heavy atom. The Balaban J connectivity index is 2.07. The molecule has 1 heterocycles. The van der Waals surface area contributed by atoms with Gasteiger partial charge in [-0.05, 0) is 25.1 Å². The van der Waals surface area contributed by atoms with Gasteiger partial charge in [0, 0.05) is 17.8 Å². The SMILES string of the molecule is COc1cc(C)nc(COC(=O)c2ccc(N)c(F)c2)c1. The molecular weight excluding hydrogens is 275 g/mol. The Bertz CT molecular complexity index is 674. The number of rotatable bonds is 4. The molecule has 2 N–H and O–H groups in total. The van der Waals surface area contributed by atoms with Crippen LogP contribution in [0.2, 0.25) is 0 Å². The number of carbonyl (C=O) groups is 1. The first-order valence-corrected chi connectivity index (χ1v) is 6.23. The molecule has 2 rings (SSSR count). The van der Waals surface area contributed by atoms with E-state index < -0.39 is 11.8 Å². The van der Waals surface area contributed by atoms with E-state index in [1.54, 1.807) is 19.2 Å². The highest BCUT2D eigenvalue weighted by Crippen LogP contribution is 2.16. The lowest BCUT2D eigenvalue weighted by Crippen LogP contribution is -2.07. The number of anilines is 1. The molecule has 21 heavy (non-hydrogen) atoms. The maximum absolute atomic E-state index is 13.3. The number of aromatic nitrogens is 1. The van der Waals surface area contributed by atoms with E-state index in [0.717, 1.165) is 11.8 Å². The van der Waals surface area contributed by atoms with Gasteiger partial charge in [0.15, 0.2) is 0 Å². The molecule has 110 valence electrons. The minimum Gasteiger partial charge on any atom is -0.497 e. The van der Waals surface area contributed by atoms with E-state index in [-0.39, 0.29) is 17.9 Å². The summed E-state index contributed by atoms with van der Waals surface area (Å²) in [5.41, 5.74) is 6.73. The van der Waals surface area contributed by atoms with Crippen LogP contribution in [0.1, 0.15) is 21.7 Å². The van der Waals surface area contributed by atoms with Gasteiger partial charge in [0.05, 0.1) is 24.1 Å². The molecule has 0 radical (unpaired) electrons. The zero-order valence-corrected chi connectivity index (χ0v) is 11.7. The average molecular weight is 290 g/mol.